The van der Waals surface area contributed by atoms with Crippen molar-refractivity contribution in [1.29, 1.82) is 0 Å². The van der Waals surface area contributed by atoms with Gasteiger partial charge in [0.2, 0.25) is 5.91 Å². The van der Waals surface area contributed by atoms with Crippen molar-refractivity contribution in [3.8, 4) is 0 Å². The Morgan fingerprint density at radius 1 is 1.09 bits per heavy atom. The van der Waals surface area contributed by atoms with Crippen LogP contribution in [0.1, 0.15) is 43.2 Å². The minimum absolute atomic E-state index is 0.0436. The van der Waals surface area contributed by atoms with Crippen LogP contribution >= 0.6 is 0 Å². The summed E-state index contributed by atoms with van der Waals surface area (Å²) in [7, 11) is 4.22. The molecule has 0 radical (unpaired) electrons. The van der Waals surface area contributed by atoms with Crippen LogP contribution in [0, 0.1) is 0 Å². The number of carbonyl (C=O) groups is 2. The molecular formula is C28H33N3O3. The zero-order chi connectivity index (χ0) is 24.1. The highest BCUT2D eigenvalue weighted by molar-refractivity contribution is 5.91. The quantitative estimate of drug-likeness (QED) is 0.429. The van der Waals surface area contributed by atoms with Gasteiger partial charge >= 0.3 is 5.97 Å². The molecule has 1 fully saturated rings. The summed E-state index contributed by atoms with van der Waals surface area (Å²) in [6.07, 6.45) is 7.91. The summed E-state index contributed by atoms with van der Waals surface area (Å²) in [5, 5.41) is 13.5. The lowest BCUT2D eigenvalue weighted by Gasteiger charge is -2.44. The highest BCUT2D eigenvalue weighted by Gasteiger charge is 2.37. The Morgan fingerprint density at radius 2 is 1.76 bits per heavy atom. The van der Waals surface area contributed by atoms with Crippen LogP contribution in [0.2, 0.25) is 0 Å². The molecule has 6 nitrogen and oxygen atoms in total. The number of H-pyrrole nitrogens is 1. The first kappa shape index (κ1) is 23.8. The number of amides is 1. The summed E-state index contributed by atoms with van der Waals surface area (Å²) >= 11 is 0. The number of benzene rings is 2. The zero-order valence-electron chi connectivity index (χ0n) is 19.9. The zero-order valence-corrected chi connectivity index (χ0v) is 19.9. The van der Waals surface area contributed by atoms with Gasteiger partial charge in [-0.2, -0.15) is 0 Å². The number of fused-ring (bicyclic) bond motifs is 1. The van der Waals surface area contributed by atoms with Gasteiger partial charge in [-0.05, 0) is 69.8 Å². The van der Waals surface area contributed by atoms with E-state index in [0.717, 1.165) is 47.7 Å². The maximum atomic E-state index is 12.7. The van der Waals surface area contributed by atoms with Crippen molar-refractivity contribution in [1.82, 2.24) is 15.2 Å². The molecule has 1 aliphatic carbocycles. The summed E-state index contributed by atoms with van der Waals surface area (Å²) in [6.45, 7) is 0. The number of aryl methyl sites for hydroxylation is 1. The molecule has 3 aromatic rings. The monoisotopic (exact) mass is 459 g/mol. The Morgan fingerprint density at radius 3 is 2.44 bits per heavy atom. The Balaban J connectivity index is 1.37. The number of nitrogens with zero attached hydrogens (tertiary/aromatic N) is 1. The predicted molar refractivity (Wildman–Crippen MR) is 135 cm³/mol. The fourth-order valence-electron chi connectivity index (χ4n) is 5.17. The number of aromatic nitrogens is 1. The highest BCUT2D eigenvalue weighted by Crippen LogP contribution is 2.42. The van der Waals surface area contributed by atoms with Crippen LogP contribution in [0.3, 0.4) is 0 Å². The molecule has 34 heavy (non-hydrogen) atoms. The lowest BCUT2D eigenvalue weighted by Crippen LogP contribution is -2.43. The smallest absolute Gasteiger partial charge is 0.326 e. The normalized spacial score (nSPS) is 19.2. The number of allylic oxidation sites excluding steroid dienone is 1. The molecule has 1 heterocycles. The van der Waals surface area contributed by atoms with Gasteiger partial charge in [0.15, 0.2) is 0 Å². The standard InChI is InChI=1S/C28H33N3O3/c1-31(2)28(22-8-4-3-5-9-22)16-14-20(15-17-28)18-26(32)30-25(27(33)34)13-12-21-19-29-24-11-7-6-10-23(21)24/h3-11,18-19,25,29H,12-17H2,1-2H3,(H,30,32)(H,33,34). The maximum absolute atomic E-state index is 12.7. The molecule has 1 aromatic heterocycles. The number of hydrogen-bond acceptors (Lipinski definition) is 3. The molecule has 0 aliphatic heterocycles. The number of para-hydroxylation sites is 1. The van der Waals surface area contributed by atoms with E-state index in [2.05, 4.69) is 53.6 Å². The van der Waals surface area contributed by atoms with E-state index in [1.807, 2.05) is 36.5 Å². The van der Waals surface area contributed by atoms with Crippen molar-refractivity contribution in [3.63, 3.8) is 0 Å². The van der Waals surface area contributed by atoms with Crippen LogP contribution < -0.4 is 5.32 Å². The first-order valence-electron chi connectivity index (χ1n) is 11.9. The van der Waals surface area contributed by atoms with Gasteiger partial charge in [-0.15, -0.1) is 0 Å². The van der Waals surface area contributed by atoms with Gasteiger partial charge in [-0.25, -0.2) is 4.79 Å². The van der Waals surface area contributed by atoms with Gasteiger partial charge < -0.3 is 15.4 Å². The summed E-state index contributed by atoms with van der Waals surface area (Å²) in [5.41, 5.74) is 4.42. The number of hydrogen-bond donors (Lipinski definition) is 3. The van der Waals surface area contributed by atoms with Crippen LogP contribution in [-0.2, 0) is 21.5 Å². The van der Waals surface area contributed by atoms with Crippen molar-refractivity contribution < 1.29 is 14.7 Å². The van der Waals surface area contributed by atoms with E-state index in [4.69, 9.17) is 0 Å². The minimum atomic E-state index is -1.01. The Hall–Kier alpha value is -3.38. The van der Waals surface area contributed by atoms with E-state index < -0.39 is 12.0 Å². The molecule has 1 aliphatic rings. The molecule has 6 heteroatoms. The second-order valence-electron chi connectivity index (χ2n) is 9.39. The lowest BCUT2D eigenvalue weighted by molar-refractivity contribution is -0.141. The molecular weight excluding hydrogens is 426 g/mol. The van der Waals surface area contributed by atoms with Crippen molar-refractivity contribution >= 4 is 22.8 Å². The Kier molecular flexibility index (Phi) is 7.17. The molecule has 1 amide bonds. The molecule has 178 valence electrons. The topological polar surface area (TPSA) is 85.4 Å². The number of carbonyl (C=O) groups excluding carboxylic acids is 1. The molecule has 0 saturated heterocycles. The van der Waals surface area contributed by atoms with Gasteiger partial charge in [0, 0.05) is 28.7 Å². The lowest BCUT2D eigenvalue weighted by atomic mass is 9.74. The molecule has 2 aromatic carbocycles. The number of nitrogens with one attached hydrogen (secondary N) is 2. The van der Waals surface area contributed by atoms with E-state index in [9.17, 15) is 14.7 Å². The summed E-state index contributed by atoms with van der Waals surface area (Å²) in [5.74, 6) is -1.33. The summed E-state index contributed by atoms with van der Waals surface area (Å²) in [4.78, 5) is 30.0. The third-order valence-corrected chi connectivity index (χ3v) is 7.21. The molecule has 1 unspecified atom stereocenters. The fraction of sp³-hybridized carbons (Fsp3) is 0.357. The van der Waals surface area contributed by atoms with Crippen LogP contribution in [0.5, 0.6) is 0 Å². The van der Waals surface area contributed by atoms with Crippen LogP contribution in [0.15, 0.2) is 72.4 Å². The van der Waals surface area contributed by atoms with Gasteiger partial charge in [-0.1, -0.05) is 54.1 Å². The first-order valence-corrected chi connectivity index (χ1v) is 11.9. The largest absolute Gasteiger partial charge is 0.480 e. The van der Waals surface area contributed by atoms with Crippen LogP contribution in [0.25, 0.3) is 10.9 Å². The molecule has 1 atom stereocenters. The van der Waals surface area contributed by atoms with Crippen LogP contribution in [-0.4, -0.2) is 47.0 Å². The molecule has 0 spiro atoms. The highest BCUT2D eigenvalue weighted by atomic mass is 16.4. The summed E-state index contributed by atoms with van der Waals surface area (Å²) in [6, 6.07) is 17.5. The second kappa shape index (κ2) is 10.3. The first-order chi connectivity index (χ1) is 16.4. The number of rotatable bonds is 8. The minimum Gasteiger partial charge on any atom is -0.480 e. The average Bonchev–Trinajstić information content (AvgIpc) is 3.25. The maximum Gasteiger partial charge on any atom is 0.326 e. The third-order valence-electron chi connectivity index (χ3n) is 7.21. The Labute approximate surface area is 200 Å². The number of aliphatic carboxylic acids is 1. The number of aromatic amines is 1. The average molecular weight is 460 g/mol. The molecule has 3 N–H and O–H groups in total. The third kappa shape index (κ3) is 5.07. The van der Waals surface area contributed by atoms with E-state index in [0.29, 0.717) is 12.8 Å². The number of carboxylic acid groups (broad SMARTS) is 1. The predicted octanol–water partition coefficient (Wildman–Crippen LogP) is 4.63. The fourth-order valence-corrected chi connectivity index (χ4v) is 5.17. The Bertz CT molecular complexity index is 1170. The van der Waals surface area contributed by atoms with E-state index in [-0.39, 0.29) is 11.4 Å². The van der Waals surface area contributed by atoms with Crippen molar-refractivity contribution in [2.75, 3.05) is 14.1 Å². The number of carboxylic acids is 1. The van der Waals surface area contributed by atoms with Gasteiger partial charge in [0.1, 0.15) is 6.04 Å². The SMILES string of the molecule is CN(C)C1(c2ccccc2)CCC(=CC(=O)NC(CCc2c[nH]c3ccccc23)C(=O)O)CC1. The second-order valence-corrected chi connectivity index (χ2v) is 9.39. The van der Waals surface area contributed by atoms with E-state index in [1.165, 1.54) is 5.56 Å². The molecule has 0 bridgehead atoms. The van der Waals surface area contributed by atoms with Crippen molar-refractivity contribution in [2.45, 2.75) is 50.1 Å². The van der Waals surface area contributed by atoms with E-state index in [1.54, 1.807) is 6.08 Å². The summed E-state index contributed by atoms with van der Waals surface area (Å²) < 4.78 is 0. The molecule has 4 rings (SSSR count). The van der Waals surface area contributed by atoms with Crippen molar-refractivity contribution in [3.05, 3.63) is 83.6 Å². The van der Waals surface area contributed by atoms with Crippen LogP contribution in [0.4, 0.5) is 0 Å². The van der Waals surface area contributed by atoms with Crippen molar-refractivity contribution in [2.24, 2.45) is 0 Å². The van der Waals surface area contributed by atoms with E-state index >= 15 is 0 Å². The van der Waals surface area contributed by atoms with Gasteiger partial charge in [0.05, 0.1) is 0 Å². The van der Waals surface area contributed by atoms with Gasteiger partial charge in [0.25, 0.3) is 0 Å². The molecule has 1 saturated carbocycles. The van der Waals surface area contributed by atoms with Gasteiger partial charge in [-0.3, -0.25) is 9.69 Å².